The van der Waals surface area contributed by atoms with Gasteiger partial charge in [0.25, 0.3) is 0 Å². The van der Waals surface area contributed by atoms with Crippen molar-refractivity contribution in [3.63, 3.8) is 0 Å². The molecule has 0 aliphatic heterocycles. The minimum Gasteiger partial charge on any atom is -0.497 e. The molecule has 202 valence electrons. The first-order chi connectivity index (χ1) is 18.6. The van der Waals surface area contributed by atoms with E-state index in [2.05, 4.69) is 15.4 Å². The predicted molar refractivity (Wildman–Crippen MR) is 143 cm³/mol. The fourth-order valence-corrected chi connectivity index (χ4v) is 4.51. The van der Waals surface area contributed by atoms with Crippen molar-refractivity contribution in [1.29, 1.82) is 0 Å². The quantitative estimate of drug-likeness (QED) is 0.280. The van der Waals surface area contributed by atoms with E-state index in [1.807, 2.05) is 49.7 Å². The van der Waals surface area contributed by atoms with E-state index in [1.54, 1.807) is 18.1 Å². The summed E-state index contributed by atoms with van der Waals surface area (Å²) in [6.45, 7) is 4.78. The van der Waals surface area contributed by atoms with Gasteiger partial charge in [-0.05, 0) is 55.7 Å². The highest BCUT2D eigenvalue weighted by molar-refractivity contribution is 5.85. The Hall–Kier alpha value is -4.41. The summed E-state index contributed by atoms with van der Waals surface area (Å²) in [7, 11) is 3.50. The maximum atomic E-state index is 13.0. The molecule has 1 N–H and O–H groups in total. The van der Waals surface area contributed by atoms with Crippen LogP contribution in [-0.2, 0) is 26.2 Å². The Morgan fingerprint density at radius 1 is 0.949 bits per heavy atom. The van der Waals surface area contributed by atoms with Crippen LogP contribution >= 0.6 is 0 Å². The van der Waals surface area contributed by atoms with Gasteiger partial charge in [-0.2, -0.15) is 18.3 Å². The van der Waals surface area contributed by atoms with Gasteiger partial charge >= 0.3 is 6.18 Å². The molecule has 0 saturated heterocycles. The van der Waals surface area contributed by atoms with Gasteiger partial charge < -0.3 is 14.6 Å². The molecule has 11 heteroatoms. The molecular weight excluding hydrogens is 507 g/mol. The third-order valence-corrected chi connectivity index (χ3v) is 6.70. The van der Waals surface area contributed by atoms with Crippen LogP contribution in [0.3, 0.4) is 0 Å². The number of imidazole rings is 1. The van der Waals surface area contributed by atoms with E-state index in [9.17, 15) is 13.2 Å². The number of anilines is 1. The first-order valence-corrected chi connectivity index (χ1v) is 12.4. The Labute approximate surface area is 223 Å². The lowest BCUT2D eigenvalue weighted by Gasteiger charge is -2.11. The number of halogens is 3. The fraction of sp³-hybridized carbons (Fsp3) is 0.286. The molecule has 0 saturated carbocycles. The van der Waals surface area contributed by atoms with E-state index in [-0.39, 0.29) is 0 Å². The summed E-state index contributed by atoms with van der Waals surface area (Å²) < 4.78 is 47.9. The van der Waals surface area contributed by atoms with Crippen molar-refractivity contribution in [2.24, 2.45) is 7.05 Å². The van der Waals surface area contributed by atoms with Crippen molar-refractivity contribution in [2.45, 2.75) is 33.0 Å². The van der Waals surface area contributed by atoms with Gasteiger partial charge in [0.15, 0.2) is 17.3 Å². The van der Waals surface area contributed by atoms with Crippen LogP contribution in [0.5, 0.6) is 5.75 Å². The molecule has 0 amide bonds. The molecule has 0 unspecified atom stereocenters. The molecule has 0 bridgehead atoms. The summed E-state index contributed by atoms with van der Waals surface area (Å²) in [6.07, 6.45) is -1.99. The van der Waals surface area contributed by atoms with Gasteiger partial charge in [0.05, 0.1) is 36.8 Å². The number of fused-ring (bicyclic) bond motifs is 1. The molecule has 0 atom stereocenters. The van der Waals surface area contributed by atoms with E-state index in [0.29, 0.717) is 41.5 Å². The number of aryl methyl sites for hydroxylation is 2. The fourth-order valence-electron chi connectivity index (χ4n) is 4.51. The number of methoxy groups -OCH3 is 1. The van der Waals surface area contributed by atoms with Crippen LogP contribution in [-0.4, -0.2) is 43.0 Å². The molecule has 8 nitrogen and oxygen atoms in total. The smallest absolute Gasteiger partial charge is 0.416 e. The van der Waals surface area contributed by atoms with E-state index >= 15 is 0 Å². The van der Waals surface area contributed by atoms with Gasteiger partial charge in [-0.15, -0.1) is 0 Å². The number of hydrogen-bond donors (Lipinski definition) is 1. The highest BCUT2D eigenvalue weighted by atomic mass is 19.4. The van der Waals surface area contributed by atoms with Crippen LogP contribution in [0.15, 0.2) is 54.9 Å². The molecule has 5 rings (SSSR count). The molecular formula is C28H28F3N7O. The first kappa shape index (κ1) is 26.2. The molecule has 2 aromatic carbocycles. The molecule has 0 radical (unpaired) electrons. The second-order valence-corrected chi connectivity index (χ2v) is 9.33. The lowest BCUT2D eigenvalue weighted by molar-refractivity contribution is -0.137. The van der Waals surface area contributed by atoms with Gasteiger partial charge in [0.1, 0.15) is 11.3 Å². The van der Waals surface area contributed by atoms with E-state index in [4.69, 9.17) is 14.7 Å². The number of rotatable bonds is 8. The zero-order chi connectivity index (χ0) is 27.7. The Bertz CT molecular complexity index is 1600. The van der Waals surface area contributed by atoms with Crippen LogP contribution in [0.25, 0.3) is 22.6 Å². The van der Waals surface area contributed by atoms with Crippen LogP contribution in [0.1, 0.15) is 28.1 Å². The summed E-state index contributed by atoms with van der Waals surface area (Å²) in [4.78, 5) is 14.2. The van der Waals surface area contributed by atoms with E-state index in [1.165, 1.54) is 12.1 Å². The van der Waals surface area contributed by atoms with Crippen molar-refractivity contribution in [3.05, 3.63) is 82.9 Å². The van der Waals surface area contributed by atoms with Crippen LogP contribution < -0.4 is 10.1 Å². The van der Waals surface area contributed by atoms with E-state index in [0.717, 1.165) is 46.8 Å². The molecule has 3 aromatic heterocycles. The third kappa shape index (κ3) is 5.43. The Morgan fingerprint density at radius 2 is 1.64 bits per heavy atom. The molecule has 39 heavy (non-hydrogen) atoms. The van der Waals surface area contributed by atoms with Crippen LogP contribution in [0.4, 0.5) is 19.0 Å². The molecule has 0 fully saturated rings. The average Bonchev–Trinajstić information content (AvgIpc) is 3.42. The highest BCUT2D eigenvalue weighted by Crippen LogP contribution is 2.31. The zero-order valence-corrected chi connectivity index (χ0v) is 22.0. The number of hydrogen-bond acceptors (Lipinski definition) is 6. The predicted octanol–water partition coefficient (Wildman–Crippen LogP) is 5.57. The molecule has 3 heterocycles. The van der Waals surface area contributed by atoms with Gasteiger partial charge in [-0.25, -0.2) is 15.0 Å². The zero-order valence-electron chi connectivity index (χ0n) is 22.0. The summed E-state index contributed by atoms with van der Waals surface area (Å²) >= 11 is 0. The maximum Gasteiger partial charge on any atom is 0.416 e. The lowest BCUT2D eigenvalue weighted by atomic mass is 10.1. The maximum absolute atomic E-state index is 13.0. The molecule has 0 spiro atoms. The minimum absolute atomic E-state index is 0.307. The van der Waals surface area contributed by atoms with Crippen molar-refractivity contribution in [2.75, 3.05) is 19.0 Å². The van der Waals surface area contributed by atoms with Gasteiger partial charge in [-0.1, -0.05) is 24.3 Å². The summed E-state index contributed by atoms with van der Waals surface area (Å²) in [5.41, 5.74) is 4.87. The van der Waals surface area contributed by atoms with Crippen LogP contribution in [0, 0.1) is 13.8 Å². The van der Waals surface area contributed by atoms with Gasteiger partial charge in [-0.3, -0.25) is 4.68 Å². The Balaban J connectivity index is 1.49. The largest absolute Gasteiger partial charge is 0.497 e. The number of nitrogens with one attached hydrogen (secondary N) is 1. The minimum atomic E-state index is -4.38. The Morgan fingerprint density at radius 3 is 2.26 bits per heavy atom. The van der Waals surface area contributed by atoms with Crippen molar-refractivity contribution in [3.8, 4) is 17.1 Å². The summed E-state index contributed by atoms with van der Waals surface area (Å²) in [6, 6.07) is 13.0. The number of nitrogens with zero attached hydrogens (tertiary/aromatic N) is 6. The lowest BCUT2D eigenvalue weighted by Crippen LogP contribution is -2.09. The Kier molecular flexibility index (Phi) is 6.98. The molecule has 0 aliphatic rings. The second-order valence-electron chi connectivity index (χ2n) is 9.33. The number of benzene rings is 2. The average molecular weight is 536 g/mol. The third-order valence-electron chi connectivity index (χ3n) is 6.70. The molecule has 0 aliphatic carbocycles. The van der Waals surface area contributed by atoms with Crippen molar-refractivity contribution < 1.29 is 17.9 Å². The monoisotopic (exact) mass is 535 g/mol. The highest BCUT2D eigenvalue weighted by Gasteiger charge is 2.30. The van der Waals surface area contributed by atoms with Crippen LogP contribution in [0.2, 0.25) is 0 Å². The van der Waals surface area contributed by atoms with Gasteiger partial charge in [0.2, 0.25) is 0 Å². The number of alkyl halides is 3. The molecule has 5 aromatic rings. The van der Waals surface area contributed by atoms with Gasteiger partial charge in [0, 0.05) is 19.3 Å². The van der Waals surface area contributed by atoms with Crippen molar-refractivity contribution >= 4 is 17.0 Å². The standard InChI is InChI=1S/C28H28F3N7O/c1-17-23(18(2)37(3)36-17)25-34-26(32-14-13-19-7-11-22(39-4)12-8-19)24-27(35-25)38(16-33-24)15-20-5-9-21(10-6-20)28(29,30)31/h5-12,16H,13-15H2,1-4H3,(H,32,34,35). The number of ether oxygens (including phenoxy) is 1. The normalized spacial score (nSPS) is 11.8. The topological polar surface area (TPSA) is 82.7 Å². The SMILES string of the molecule is COc1ccc(CCNc2nc(-c3c(C)nn(C)c3C)nc3c2ncn3Cc2ccc(C(F)(F)F)cc2)cc1. The second kappa shape index (κ2) is 10.4. The number of aromatic nitrogens is 6. The van der Waals surface area contributed by atoms with E-state index < -0.39 is 11.7 Å². The summed E-state index contributed by atoms with van der Waals surface area (Å²) in [5.74, 6) is 1.89. The first-order valence-electron chi connectivity index (χ1n) is 12.4. The summed E-state index contributed by atoms with van der Waals surface area (Å²) in [5, 5.41) is 7.92. The van der Waals surface area contributed by atoms with Crippen molar-refractivity contribution in [1.82, 2.24) is 29.3 Å².